The molecular formula is C20H17ClFN3OS. The second kappa shape index (κ2) is 7.37. The van der Waals surface area contributed by atoms with E-state index in [9.17, 15) is 9.18 Å². The van der Waals surface area contributed by atoms with Gasteiger partial charge in [0.05, 0.1) is 29.2 Å². The molecule has 7 heteroatoms. The molecule has 0 saturated carbocycles. The van der Waals surface area contributed by atoms with E-state index < -0.39 is 0 Å². The van der Waals surface area contributed by atoms with Crippen LogP contribution in [0.15, 0.2) is 53.6 Å². The molecule has 0 bridgehead atoms. The standard InChI is InChI=1S/C20H17ClFN3OS/c1-12-17(11-23-25(12)15-5-3-14(22)4-6-15)20(26)24-18-8-9-27-19-7-2-13(21)10-16(18)19/h2-7,10-11,18H,8-9H2,1H3,(H,24,26). The quantitative estimate of drug-likeness (QED) is 0.676. The number of hydrogen-bond acceptors (Lipinski definition) is 3. The molecule has 1 aliphatic rings. The summed E-state index contributed by atoms with van der Waals surface area (Å²) in [6.07, 6.45) is 2.39. The van der Waals surface area contributed by atoms with Crippen LogP contribution in [0.4, 0.5) is 4.39 Å². The van der Waals surface area contributed by atoms with E-state index in [0.717, 1.165) is 22.6 Å². The number of nitrogens with one attached hydrogen (secondary N) is 1. The van der Waals surface area contributed by atoms with Gasteiger partial charge in [-0.1, -0.05) is 11.6 Å². The molecule has 3 aromatic rings. The maximum atomic E-state index is 13.1. The molecule has 4 nitrogen and oxygen atoms in total. The van der Waals surface area contributed by atoms with Gasteiger partial charge >= 0.3 is 0 Å². The minimum atomic E-state index is -0.311. The van der Waals surface area contributed by atoms with E-state index in [2.05, 4.69) is 10.4 Å². The minimum Gasteiger partial charge on any atom is -0.345 e. The molecule has 2 aromatic carbocycles. The van der Waals surface area contributed by atoms with Gasteiger partial charge < -0.3 is 5.32 Å². The van der Waals surface area contributed by atoms with Gasteiger partial charge in [-0.25, -0.2) is 9.07 Å². The van der Waals surface area contributed by atoms with Crippen LogP contribution in [0.2, 0.25) is 5.02 Å². The molecule has 1 aromatic heterocycles. The van der Waals surface area contributed by atoms with E-state index in [0.29, 0.717) is 22.0 Å². The predicted octanol–water partition coefficient (Wildman–Crippen LogP) is 4.94. The highest BCUT2D eigenvalue weighted by molar-refractivity contribution is 7.99. The highest BCUT2D eigenvalue weighted by Gasteiger charge is 2.24. The Morgan fingerprint density at radius 3 is 2.85 bits per heavy atom. The van der Waals surface area contributed by atoms with E-state index in [-0.39, 0.29) is 17.8 Å². The zero-order chi connectivity index (χ0) is 19.0. The van der Waals surface area contributed by atoms with Crippen molar-refractivity contribution in [2.45, 2.75) is 24.3 Å². The summed E-state index contributed by atoms with van der Waals surface area (Å²) in [5.41, 5.74) is 2.96. The van der Waals surface area contributed by atoms with E-state index >= 15 is 0 Å². The van der Waals surface area contributed by atoms with Crippen LogP contribution in [0, 0.1) is 12.7 Å². The number of aromatic nitrogens is 2. The van der Waals surface area contributed by atoms with Crippen LogP contribution in [0.1, 0.15) is 34.1 Å². The molecule has 27 heavy (non-hydrogen) atoms. The lowest BCUT2D eigenvalue weighted by atomic mass is 10.0. The first-order chi connectivity index (χ1) is 13.0. The first kappa shape index (κ1) is 18.1. The van der Waals surface area contributed by atoms with Crippen LogP contribution in [0.3, 0.4) is 0 Å². The molecular weight excluding hydrogens is 385 g/mol. The topological polar surface area (TPSA) is 46.9 Å². The van der Waals surface area contributed by atoms with Gasteiger partial charge in [-0.15, -0.1) is 11.8 Å². The van der Waals surface area contributed by atoms with Crippen molar-refractivity contribution in [1.82, 2.24) is 15.1 Å². The zero-order valence-electron chi connectivity index (χ0n) is 14.6. The zero-order valence-corrected chi connectivity index (χ0v) is 16.1. The van der Waals surface area contributed by atoms with Gasteiger partial charge in [0.1, 0.15) is 5.82 Å². The van der Waals surface area contributed by atoms with Crippen LogP contribution >= 0.6 is 23.4 Å². The Bertz CT molecular complexity index is 1000. The van der Waals surface area contributed by atoms with Crippen LogP contribution in [-0.4, -0.2) is 21.4 Å². The third kappa shape index (κ3) is 3.59. The number of halogens is 2. The number of thioether (sulfide) groups is 1. The number of carbonyl (C=O) groups is 1. The monoisotopic (exact) mass is 401 g/mol. The second-order valence-corrected chi connectivity index (χ2v) is 7.95. The van der Waals surface area contributed by atoms with E-state index in [1.54, 1.807) is 34.8 Å². The number of benzene rings is 2. The molecule has 0 saturated heterocycles. The Balaban J connectivity index is 1.58. The number of fused-ring (bicyclic) bond motifs is 1. The molecule has 0 radical (unpaired) electrons. The summed E-state index contributed by atoms with van der Waals surface area (Å²) in [5.74, 6) is 0.450. The Morgan fingerprint density at radius 2 is 2.07 bits per heavy atom. The minimum absolute atomic E-state index is 0.0824. The average Bonchev–Trinajstić information content (AvgIpc) is 3.04. The van der Waals surface area contributed by atoms with Crippen LogP contribution in [0.25, 0.3) is 5.69 Å². The van der Waals surface area contributed by atoms with Crippen LogP contribution in [0.5, 0.6) is 0 Å². The van der Waals surface area contributed by atoms with Crippen molar-refractivity contribution >= 4 is 29.3 Å². The fraction of sp³-hybridized carbons (Fsp3) is 0.200. The summed E-state index contributed by atoms with van der Waals surface area (Å²) in [6.45, 7) is 1.83. The normalized spacial score (nSPS) is 16.0. The molecule has 138 valence electrons. The molecule has 0 spiro atoms. The van der Waals surface area contributed by atoms with Crippen molar-refractivity contribution < 1.29 is 9.18 Å². The van der Waals surface area contributed by atoms with Gasteiger partial charge in [-0.2, -0.15) is 5.10 Å². The SMILES string of the molecule is Cc1c(C(=O)NC2CCSc3ccc(Cl)cc32)cnn1-c1ccc(F)cc1. The molecule has 2 heterocycles. The summed E-state index contributed by atoms with van der Waals surface area (Å²) in [5, 5.41) is 8.07. The van der Waals surface area contributed by atoms with E-state index in [1.165, 1.54) is 12.1 Å². The molecule has 0 aliphatic carbocycles. The first-order valence-corrected chi connectivity index (χ1v) is 9.93. The fourth-order valence-corrected chi connectivity index (χ4v) is 4.51. The number of amides is 1. The van der Waals surface area contributed by atoms with E-state index in [1.807, 2.05) is 25.1 Å². The highest BCUT2D eigenvalue weighted by Crippen LogP contribution is 2.37. The maximum Gasteiger partial charge on any atom is 0.255 e. The molecule has 1 N–H and O–H groups in total. The van der Waals surface area contributed by atoms with Crippen LogP contribution in [-0.2, 0) is 0 Å². The summed E-state index contributed by atoms with van der Waals surface area (Å²) in [7, 11) is 0. The lowest BCUT2D eigenvalue weighted by Gasteiger charge is -2.26. The average molecular weight is 402 g/mol. The third-order valence-corrected chi connectivity index (χ3v) is 6.00. The Morgan fingerprint density at radius 1 is 1.30 bits per heavy atom. The smallest absolute Gasteiger partial charge is 0.255 e. The third-order valence-electron chi connectivity index (χ3n) is 4.64. The van der Waals surface area contributed by atoms with Gasteiger partial charge in [0.2, 0.25) is 0 Å². The Hall–Kier alpha value is -2.31. The summed E-state index contributed by atoms with van der Waals surface area (Å²) >= 11 is 7.91. The van der Waals surface area contributed by atoms with Gasteiger partial charge in [0.25, 0.3) is 5.91 Å². The van der Waals surface area contributed by atoms with Crippen molar-refractivity contribution in [2.75, 3.05) is 5.75 Å². The van der Waals surface area contributed by atoms with Crippen LogP contribution < -0.4 is 5.32 Å². The lowest BCUT2D eigenvalue weighted by molar-refractivity contribution is 0.0934. The second-order valence-electron chi connectivity index (χ2n) is 6.38. The van der Waals surface area contributed by atoms with Crippen molar-refractivity contribution in [3.05, 3.63) is 76.3 Å². The molecule has 1 unspecified atom stereocenters. The predicted molar refractivity (Wildman–Crippen MR) is 105 cm³/mol. The van der Waals surface area contributed by atoms with Crippen molar-refractivity contribution in [2.24, 2.45) is 0 Å². The molecule has 1 amide bonds. The highest BCUT2D eigenvalue weighted by atomic mass is 35.5. The largest absolute Gasteiger partial charge is 0.345 e. The number of carbonyl (C=O) groups excluding carboxylic acids is 1. The number of hydrogen-bond donors (Lipinski definition) is 1. The molecule has 1 atom stereocenters. The maximum absolute atomic E-state index is 13.1. The van der Waals surface area contributed by atoms with Crippen molar-refractivity contribution in [1.29, 1.82) is 0 Å². The van der Waals surface area contributed by atoms with Crippen molar-refractivity contribution in [3.8, 4) is 5.69 Å². The van der Waals surface area contributed by atoms with E-state index in [4.69, 9.17) is 11.6 Å². The molecule has 0 fully saturated rings. The molecule has 1 aliphatic heterocycles. The summed E-state index contributed by atoms with van der Waals surface area (Å²) < 4.78 is 14.8. The number of nitrogens with zero attached hydrogens (tertiary/aromatic N) is 2. The van der Waals surface area contributed by atoms with Gasteiger partial charge in [-0.3, -0.25) is 4.79 Å². The fourth-order valence-electron chi connectivity index (χ4n) is 3.23. The van der Waals surface area contributed by atoms with Gasteiger partial charge in [-0.05, 0) is 61.4 Å². The lowest BCUT2D eigenvalue weighted by Crippen LogP contribution is -2.31. The summed E-state index contributed by atoms with van der Waals surface area (Å²) in [4.78, 5) is 14.0. The van der Waals surface area contributed by atoms with Crippen molar-refractivity contribution in [3.63, 3.8) is 0 Å². The Kier molecular flexibility index (Phi) is 4.93. The first-order valence-electron chi connectivity index (χ1n) is 8.56. The Labute approximate surface area is 165 Å². The number of rotatable bonds is 3. The van der Waals surface area contributed by atoms with Gasteiger partial charge in [0.15, 0.2) is 0 Å². The summed E-state index contributed by atoms with van der Waals surface area (Å²) in [6, 6.07) is 11.7. The molecule has 4 rings (SSSR count). The van der Waals surface area contributed by atoms with Gasteiger partial charge in [0, 0.05) is 15.7 Å².